The van der Waals surface area contributed by atoms with Gasteiger partial charge in [-0.3, -0.25) is 4.79 Å². The van der Waals surface area contributed by atoms with Crippen molar-refractivity contribution < 1.29 is 22.7 Å². The summed E-state index contributed by atoms with van der Waals surface area (Å²) in [7, 11) is -3.34. The molecule has 0 amide bonds. The second-order valence-corrected chi connectivity index (χ2v) is 7.67. The number of rotatable bonds is 5. The molecule has 1 atom stereocenters. The molecule has 24 heavy (non-hydrogen) atoms. The summed E-state index contributed by atoms with van der Waals surface area (Å²) in [5.41, 5.74) is 0.503. The van der Waals surface area contributed by atoms with Gasteiger partial charge in [0.25, 0.3) is 0 Å². The van der Waals surface area contributed by atoms with Gasteiger partial charge in [0.05, 0.1) is 10.5 Å². The first kappa shape index (κ1) is 18.2. The highest BCUT2D eigenvalue weighted by atomic mass is 35.5. The number of benzene rings is 2. The minimum Gasteiger partial charge on any atom is -0.451 e. The third-order valence-corrected chi connectivity index (χ3v) is 4.64. The Bertz CT molecular complexity index is 872. The van der Waals surface area contributed by atoms with Gasteiger partial charge in [0.1, 0.15) is 0 Å². The van der Waals surface area contributed by atoms with Gasteiger partial charge in [-0.25, -0.2) is 13.2 Å². The maximum Gasteiger partial charge on any atom is 0.338 e. The van der Waals surface area contributed by atoms with E-state index in [4.69, 9.17) is 16.3 Å². The lowest BCUT2D eigenvalue weighted by Gasteiger charge is -2.12. The summed E-state index contributed by atoms with van der Waals surface area (Å²) in [6.07, 6.45) is 0.0806. The topological polar surface area (TPSA) is 77.5 Å². The number of hydrogen-bond donors (Lipinski definition) is 0. The van der Waals surface area contributed by atoms with Crippen LogP contribution in [-0.4, -0.2) is 32.5 Å². The number of hydrogen-bond acceptors (Lipinski definition) is 5. The van der Waals surface area contributed by atoms with Gasteiger partial charge in [-0.1, -0.05) is 23.7 Å². The van der Waals surface area contributed by atoms with Crippen LogP contribution in [0.5, 0.6) is 0 Å². The van der Waals surface area contributed by atoms with Gasteiger partial charge in [-0.15, -0.1) is 0 Å². The molecule has 2 rings (SSSR count). The number of carbonyl (C=O) groups is 2. The lowest BCUT2D eigenvalue weighted by Crippen LogP contribution is -2.24. The molecule has 5 nitrogen and oxygen atoms in total. The minimum absolute atomic E-state index is 0.0992. The molecule has 0 saturated carbocycles. The monoisotopic (exact) mass is 366 g/mol. The van der Waals surface area contributed by atoms with Crippen molar-refractivity contribution in [1.29, 1.82) is 0 Å². The molecule has 0 aliphatic heterocycles. The highest BCUT2D eigenvalue weighted by Gasteiger charge is 2.21. The Morgan fingerprint density at radius 2 is 1.67 bits per heavy atom. The Hall–Kier alpha value is -2.18. The molecule has 2 aromatic carbocycles. The van der Waals surface area contributed by atoms with Crippen molar-refractivity contribution in [1.82, 2.24) is 0 Å². The third kappa shape index (κ3) is 4.43. The molecule has 0 radical (unpaired) electrons. The summed E-state index contributed by atoms with van der Waals surface area (Å²) in [6, 6.07) is 11.7. The van der Waals surface area contributed by atoms with E-state index in [1.807, 2.05) is 0 Å². The molecule has 7 heteroatoms. The van der Waals surface area contributed by atoms with E-state index < -0.39 is 21.9 Å². The highest BCUT2D eigenvalue weighted by Crippen LogP contribution is 2.15. The fraction of sp³-hybridized carbons (Fsp3) is 0.176. The molecule has 0 aromatic heterocycles. The largest absolute Gasteiger partial charge is 0.451 e. The maximum absolute atomic E-state index is 12.2. The zero-order valence-electron chi connectivity index (χ0n) is 13.0. The van der Waals surface area contributed by atoms with E-state index in [-0.39, 0.29) is 16.2 Å². The molecule has 0 spiro atoms. The second kappa shape index (κ2) is 7.15. The molecule has 0 aliphatic carbocycles. The smallest absolute Gasteiger partial charge is 0.338 e. The third-order valence-electron chi connectivity index (χ3n) is 3.28. The summed E-state index contributed by atoms with van der Waals surface area (Å²) >= 11 is 5.84. The molecule has 0 saturated heterocycles. The molecule has 0 aliphatic rings. The van der Waals surface area contributed by atoms with Gasteiger partial charge in [-0.2, -0.15) is 0 Å². The van der Waals surface area contributed by atoms with Crippen LogP contribution in [0.25, 0.3) is 0 Å². The SMILES string of the molecule is C[C@@H](OC(=O)c1ccc(S(C)(=O)=O)cc1)C(=O)c1cccc(Cl)c1. The van der Waals surface area contributed by atoms with Crippen molar-refractivity contribution in [3.05, 3.63) is 64.7 Å². The molecule has 0 heterocycles. The summed E-state index contributed by atoms with van der Waals surface area (Å²) in [4.78, 5) is 24.4. The Labute approximate surface area is 145 Å². The minimum atomic E-state index is -3.34. The van der Waals surface area contributed by atoms with E-state index in [1.54, 1.807) is 18.2 Å². The Morgan fingerprint density at radius 3 is 2.21 bits per heavy atom. The molecule has 126 valence electrons. The molecule has 2 aromatic rings. The fourth-order valence-corrected chi connectivity index (χ4v) is 2.82. The lowest BCUT2D eigenvalue weighted by atomic mass is 10.1. The molecule has 0 N–H and O–H groups in total. The zero-order valence-corrected chi connectivity index (χ0v) is 14.6. The van der Waals surface area contributed by atoms with Crippen LogP contribution in [0, 0.1) is 0 Å². The van der Waals surface area contributed by atoms with Crippen LogP contribution in [0.1, 0.15) is 27.6 Å². The van der Waals surface area contributed by atoms with E-state index >= 15 is 0 Å². The molecular formula is C17H15ClO5S. The standard InChI is InChI=1S/C17H15ClO5S/c1-11(16(19)13-4-3-5-14(18)10-13)23-17(20)12-6-8-15(9-7-12)24(2,21)22/h3-11H,1-2H3/t11-/m1/s1. The number of esters is 1. The van der Waals surface area contributed by atoms with Crippen molar-refractivity contribution in [2.24, 2.45) is 0 Å². The van der Waals surface area contributed by atoms with Gasteiger partial charge in [0, 0.05) is 16.8 Å². The van der Waals surface area contributed by atoms with Crippen molar-refractivity contribution in [3.8, 4) is 0 Å². The van der Waals surface area contributed by atoms with Crippen LogP contribution in [-0.2, 0) is 14.6 Å². The highest BCUT2D eigenvalue weighted by molar-refractivity contribution is 7.90. The first-order chi connectivity index (χ1) is 11.2. The van der Waals surface area contributed by atoms with E-state index in [0.717, 1.165) is 6.26 Å². The number of sulfone groups is 1. The normalized spacial score (nSPS) is 12.5. The van der Waals surface area contributed by atoms with Crippen LogP contribution < -0.4 is 0 Å². The number of Topliss-reactive ketones (excluding diaryl/α,β-unsaturated/α-hetero) is 1. The predicted molar refractivity (Wildman–Crippen MR) is 90.2 cm³/mol. The van der Waals surface area contributed by atoms with Gasteiger partial charge >= 0.3 is 5.97 Å². The predicted octanol–water partition coefficient (Wildman–Crippen LogP) is 3.17. The quantitative estimate of drug-likeness (QED) is 0.600. The van der Waals surface area contributed by atoms with E-state index in [1.165, 1.54) is 37.3 Å². The molecule has 0 fully saturated rings. The van der Waals surface area contributed by atoms with Crippen molar-refractivity contribution in [2.75, 3.05) is 6.26 Å². The van der Waals surface area contributed by atoms with Crippen molar-refractivity contribution in [2.45, 2.75) is 17.9 Å². The van der Waals surface area contributed by atoms with Crippen molar-refractivity contribution in [3.63, 3.8) is 0 Å². The number of carbonyl (C=O) groups excluding carboxylic acids is 2. The number of halogens is 1. The average Bonchev–Trinajstić information content (AvgIpc) is 2.53. The molecular weight excluding hydrogens is 352 g/mol. The van der Waals surface area contributed by atoms with Crippen molar-refractivity contribution >= 4 is 33.2 Å². The van der Waals surface area contributed by atoms with Crippen LogP contribution in [0.2, 0.25) is 5.02 Å². The summed E-state index contributed by atoms with van der Waals surface area (Å²) in [5.74, 6) is -1.09. The van der Waals surface area contributed by atoms with E-state index in [2.05, 4.69) is 0 Å². The number of ether oxygens (including phenoxy) is 1. The fourth-order valence-electron chi connectivity index (χ4n) is 2.00. The first-order valence-corrected chi connectivity index (χ1v) is 9.26. The van der Waals surface area contributed by atoms with E-state index in [9.17, 15) is 18.0 Å². The lowest BCUT2D eigenvalue weighted by molar-refractivity contribution is 0.0318. The summed E-state index contributed by atoms with van der Waals surface area (Å²) in [5, 5.41) is 0.413. The van der Waals surface area contributed by atoms with Gasteiger partial charge in [0.15, 0.2) is 15.9 Å². The Balaban J connectivity index is 2.10. The zero-order chi connectivity index (χ0) is 17.9. The average molecular weight is 367 g/mol. The van der Waals surface area contributed by atoms with Crippen LogP contribution in [0.3, 0.4) is 0 Å². The van der Waals surface area contributed by atoms with Crippen LogP contribution >= 0.6 is 11.6 Å². The van der Waals surface area contributed by atoms with Gasteiger partial charge in [-0.05, 0) is 43.3 Å². The molecule has 0 bridgehead atoms. The maximum atomic E-state index is 12.2. The van der Waals surface area contributed by atoms with Crippen LogP contribution in [0.4, 0.5) is 0 Å². The van der Waals surface area contributed by atoms with Gasteiger partial charge in [0.2, 0.25) is 5.78 Å². The first-order valence-electron chi connectivity index (χ1n) is 6.99. The summed E-state index contributed by atoms with van der Waals surface area (Å²) in [6.45, 7) is 1.46. The summed E-state index contributed by atoms with van der Waals surface area (Å²) < 4.78 is 27.9. The second-order valence-electron chi connectivity index (χ2n) is 5.22. The van der Waals surface area contributed by atoms with E-state index in [0.29, 0.717) is 10.6 Å². The Morgan fingerprint density at radius 1 is 1.04 bits per heavy atom. The van der Waals surface area contributed by atoms with Crippen LogP contribution in [0.15, 0.2) is 53.4 Å². The van der Waals surface area contributed by atoms with Gasteiger partial charge < -0.3 is 4.74 Å². The Kier molecular flexibility index (Phi) is 5.41. The number of ketones is 1. The molecule has 0 unspecified atom stereocenters.